The first kappa shape index (κ1) is 22.1. The van der Waals surface area contributed by atoms with Crippen molar-refractivity contribution < 1.29 is 14.6 Å². The number of nitrogens with zero attached hydrogens (tertiary/aromatic N) is 1. The average Bonchev–Trinajstić information content (AvgIpc) is 3.20. The number of fused-ring (bicyclic) bond motifs is 1. The lowest BCUT2D eigenvalue weighted by Crippen LogP contribution is -2.31. The summed E-state index contributed by atoms with van der Waals surface area (Å²) < 4.78 is 6.68. The zero-order valence-electron chi connectivity index (χ0n) is 19.5. The number of ether oxygens (including phenoxy) is 1. The number of hydrogen-bond donors (Lipinski definition) is 1. The van der Waals surface area contributed by atoms with E-state index in [1.54, 1.807) is 0 Å². The van der Waals surface area contributed by atoms with Crippen LogP contribution in [0, 0.1) is 24.2 Å². The second-order valence-electron chi connectivity index (χ2n) is 10.7. The number of aryl methyl sites for hydroxylation is 1. The minimum absolute atomic E-state index is 0.256. The van der Waals surface area contributed by atoms with Crippen molar-refractivity contribution in [1.29, 1.82) is 0 Å². The van der Waals surface area contributed by atoms with E-state index in [0.717, 1.165) is 44.0 Å². The smallest absolute Gasteiger partial charge is 0.307 e. The Hall–Kier alpha value is -2.07. The Labute approximate surface area is 186 Å². The predicted octanol–water partition coefficient (Wildman–Crippen LogP) is 6.04. The van der Waals surface area contributed by atoms with Crippen LogP contribution in [0.1, 0.15) is 64.0 Å². The third kappa shape index (κ3) is 4.90. The van der Waals surface area contributed by atoms with Crippen molar-refractivity contribution in [2.45, 2.75) is 72.4 Å². The molecule has 1 unspecified atom stereocenters. The van der Waals surface area contributed by atoms with Crippen LogP contribution < -0.4 is 4.74 Å². The summed E-state index contributed by atoms with van der Waals surface area (Å²) in [5.41, 5.74) is 2.82. The maximum Gasteiger partial charge on any atom is 0.307 e. The molecule has 0 amide bonds. The Bertz CT molecular complexity index is 937. The molecule has 1 saturated carbocycles. The van der Waals surface area contributed by atoms with Gasteiger partial charge in [-0.3, -0.25) is 9.69 Å². The number of aliphatic carboxylic acids is 1. The summed E-state index contributed by atoms with van der Waals surface area (Å²) in [6.45, 7) is 11.4. The molecule has 1 saturated heterocycles. The Kier molecular flexibility index (Phi) is 6.30. The van der Waals surface area contributed by atoms with E-state index in [9.17, 15) is 9.90 Å². The third-order valence-electron chi connectivity index (χ3n) is 7.52. The van der Waals surface area contributed by atoms with Crippen molar-refractivity contribution in [3.05, 3.63) is 41.5 Å². The van der Waals surface area contributed by atoms with Crippen molar-refractivity contribution in [2.24, 2.45) is 17.3 Å². The fourth-order valence-corrected chi connectivity index (χ4v) is 5.48. The first-order chi connectivity index (χ1) is 14.7. The molecule has 2 aromatic carbocycles. The minimum atomic E-state index is -0.677. The molecule has 1 atom stereocenters. The van der Waals surface area contributed by atoms with E-state index in [1.165, 1.54) is 34.7 Å². The van der Waals surface area contributed by atoms with Gasteiger partial charge in [-0.25, -0.2) is 0 Å². The van der Waals surface area contributed by atoms with Crippen LogP contribution in [-0.2, 0) is 11.3 Å². The van der Waals surface area contributed by atoms with Gasteiger partial charge in [0.2, 0.25) is 0 Å². The van der Waals surface area contributed by atoms with E-state index in [2.05, 4.69) is 62.9 Å². The molecule has 0 bridgehead atoms. The van der Waals surface area contributed by atoms with Crippen LogP contribution in [0.2, 0.25) is 0 Å². The monoisotopic (exact) mass is 423 g/mol. The topological polar surface area (TPSA) is 49.8 Å². The lowest BCUT2D eigenvalue weighted by Gasteiger charge is -2.37. The van der Waals surface area contributed by atoms with E-state index in [0.29, 0.717) is 12.0 Å². The molecule has 0 spiro atoms. The molecule has 31 heavy (non-hydrogen) atoms. The van der Waals surface area contributed by atoms with Crippen molar-refractivity contribution in [3.8, 4) is 5.75 Å². The van der Waals surface area contributed by atoms with Crippen molar-refractivity contribution in [2.75, 3.05) is 13.1 Å². The van der Waals surface area contributed by atoms with Crippen molar-refractivity contribution in [3.63, 3.8) is 0 Å². The van der Waals surface area contributed by atoms with Gasteiger partial charge in [-0.1, -0.05) is 45.0 Å². The fourth-order valence-electron chi connectivity index (χ4n) is 5.48. The van der Waals surface area contributed by atoms with Gasteiger partial charge in [0.1, 0.15) is 5.75 Å². The SMILES string of the molecule is Cc1cc(OC2CCC(C(C)(C)C)CC2)c(CN2CCC(C(=O)O)C2)c2ccccc12. The zero-order chi connectivity index (χ0) is 22.2. The zero-order valence-corrected chi connectivity index (χ0v) is 19.5. The first-order valence-corrected chi connectivity index (χ1v) is 11.9. The Morgan fingerprint density at radius 2 is 1.77 bits per heavy atom. The third-order valence-corrected chi connectivity index (χ3v) is 7.52. The number of carboxylic acid groups (broad SMARTS) is 1. The second kappa shape index (κ2) is 8.82. The van der Waals surface area contributed by atoms with Gasteiger partial charge in [-0.2, -0.15) is 0 Å². The molecule has 0 radical (unpaired) electrons. The average molecular weight is 424 g/mol. The molecular weight excluding hydrogens is 386 g/mol. The van der Waals surface area contributed by atoms with E-state index >= 15 is 0 Å². The summed E-state index contributed by atoms with van der Waals surface area (Å²) in [6.07, 6.45) is 5.66. The molecule has 1 aliphatic carbocycles. The predicted molar refractivity (Wildman–Crippen MR) is 126 cm³/mol. The molecule has 1 aliphatic heterocycles. The van der Waals surface area contributed by atoms with Gasteiger partial charge in [0.05, 0.1) is 12.0 Å². The summed E-state index contributed by atoms with van der Waals surface area (Å²) in [4.78, 5) is 13.7. The van der Waals surface area contributed by atoms with E-state index in [-0.39, 0.29) is 12.0 Å². The first-order valence-electron chi connectivity index (χ1n) is 11.9. The van der Waals surface area contributed by atoms with Crippen LogP contribution in [-0.4, -0.2) is 35.2 Å². The van der Waals surface area contributed by atoms with E-state index < -0.39 is 5.97 Å². The Morgan fingerprint density at radius 3 is 2.39 bits per heavy atom. The normalized spacial score (nSPS) is 25.1. The highest BCUT2D eigenvalue weighted by atomic mass is 16.5. The molecule has 0 aromatic heterocycles. The largest absolute Gasteiger partial charge is 0.490 e. The molecule has 2 aromatic rings. The summed E-state index contributed by atoms with van der Waals surface area (Å²) >= 11 is 0. The van der Waals surface area contributed by atoms with Gasteiger partial charge in [0.25, 0.3) is 0 Å². The number of likely N-dealkylation sites (tertiary alicyclic amines) is 1. The van der Waals surface area contributed by atoms with Crippen LogP contribution in [0.15, 0.2) is 30.3 Å². The molecule has 4 heteroatoms. The Balaban J connectivity index is 1.58. The molecular formula is C27H37NO3. The van der Waals surface area contributed by atoms with Crippen molar-refractivity contribution in [1.82, 2.24) is 4.90 Å². The van der Waals surface area contributed by atoms with Crippen LogP contribution in [0.4, 0.5) is 0 Å². The number of hydrogen-bond acceptors (Lipinski definition) is 3. The highest BCUT2D eigenvalue weighted by Gasteiger charge is 2.32. The summed E-state index contributed by atoms with van der Waals surface area (Å²) in [6, 6.07) is 10.7. The van der Waals surface area contributed by atoms with E-state index in [1.807, 2.05) is 0 Å². The van der Waals surface area contributed by atoms with Crippen LogP contribution in [0.25, 0.3) is 10.8 Å². The highest BCUT2D eigenvalue weighted by molar-refractivity contribution is 5.90. The van der Waals surface area contributed by atoms with Crippen LogP contribution in [0.5, 0.6) is 5.75 Å². The number of carbonyl (C=O) groups is 1. The maximum atomic E-state index is 11.4. The molecule has 4 nitrogen and oxygen atoms in total. The van der Waals surface area contributed by atoms with Crippen LogP contribution >= 0.6 is 0 Å². The lowest BCUT2D eigenvalue weighted by atomic mass is 9.72. The van der Waals surface area contributed by atoms with Gasteiger partial charge in [0.15, 0.2) is 0 Å². The molecule has 4 rings (SSSR count). The second-order valence-corrected chi connectivity index (χ2v) is 10.7. The number of benzene rings is 2. The molecule has 1 heterocycles. The highest BCUT2D eigenvalue weighted by Crippen LogP contribution is 2.40. The Morgan fingerprint density at radius 1 is 1.10 bits per heavy atom. The lowest BCUT2D eigenvalue weighted by molar-refractivity contribution is -0.141. The molecule has 1 N–H and O–H groups in total. The van der Waals surface area contributed by atoms with E-state index in [4.69, 9.17) is 4.74 Å². The molecule has 2 fully saturated rings. The van der Waals surface area contributed by atoms with Gasteiger partial charge >= 0.3 is 5.97 Å². The summed E-state index contributed by atoms with van der Waals surface area (Å²) in [7, 11) is 0. The van der Waals surface area contributed by atoms with Crippen molar-refractivity contribution >= 4 is 16.7 Å². The minimum Gasteiger partial charge on any atom is -0.490 e. The molecule has 168 valence electrons. The van der Waals surface area contributed by atoms with Gasteiger partial charge in [-0.05, 0) is 79.3 Å². The number of carboxylic acids is 1. The summed E-state index contributed by atoms with van der Waals surface area (Å²) in [5, 5.41) is 11.9. The van der Waals surface area contributed by atoms with Gasteiger partial charge in [-0.15, -0.1) is 0 Å². The fraction of sp³-hybridized carbons (Fsp3) is 0.593. The molecule has 2 aliphatic rings. The number of rotatable bonds is 5. The maximum absolute atomic E-state index is 11.4. The van der Waals surface area contributed by atoms with Crippen LogP contribution in [0.3, 0.4) is 0 Å². The van der Waals surface area contributed by atoms with Gasteiger partial charge in [0, 0.05) is 18.7 Å². The van der Waals surface area contributed by atoms with Gasteiger partial charge < -0.3 is 9.84 Å². The summed E-state index contributed by atoms with van der Waals surface area (Å²) in [5.74, 6) is 0.828. The standard InChI is InChI=1S/C27H37NO3/c1-18-15-25(31-21-11-9-20(10-12-21)27(2,3)4)24(23-8-6-5-7-22(18)23)17-28-14-13-19(16-28)26(29)30/h5-8,15,19-21H,9-14,16-17H2,1-4H3,(H,29,30). The quantitative estimate of drug-likeness (QED) is 0.637.